The lowest BCUT2D eigenvalue weighted by Crippen LogP contribution is -2.28. The van der Waals surface area contributed by atoms with Crippen LogP contribution >= 0.6 is 15.9 Å². The summed E-state index contributed by atoms with van der Waals surface area (Å²) in [5.74, 6) is 0.0263. The Hall–Kier alpha value is -2.39. The predicted molar refractivity (Wildman–Crippen MR) is 103 cm³/mol. The second kappa shape index (κ2) is 7.45. The molecule has 120 valence electrons. The normalized spacial score (nSPS) is 10.4. The zero-order valence-electron chi connectivity index (χ0n) is 13.4. The summed E-state index contributed by atoms with van der Waals surface area (Å²) in [7, 11) is 0. The van der Waals surface area contributed by atoms with E-state index in [0.717, 1.165) is 26.9 Å². The Bertz CT molecular complexity index is 845. The van der Waals surface area contributed by atoms with Crippen molar-refractivity contribution in [2.45, 2.75) is 13.5 Å². The van der Waals surface area contributed by atoms with Gasteiger partial charge >= 0.3 is 0 Å². The Kier molecular flexibility index (Phi) is 5.11. The van der Waals surface area contributed by atoms with E-state index in [1.165, 1.54) is 0 Å². The van der Waals surface area contributed by atoms with Gasteiger partial charge in [0.05, 0.1) is 12.2 Å². The standard InChI is InChI=1S/C21H18BrNO/c1-16(24)23(15-17-9-3-2-4-10-17)21-14-8-6-12-19(21)18-11-5-7-13-20(18)22/h2-14H,15H2,1H3. The molecule has 1 amide bonds. The minimum absolute atomic E-state index is 0.0263. The van der Waals surface area contributed by atoms with Crippen molar-refractivity contribution in [1.29, 1.82) is 0 Å². The van der Waals surface area contributed by atoms with E-state index in [0.29, 0.717) is 6.54 Å². The second-order valence-corrected chi connectivity index (χ2v) is 6.44. The highest BCUT2D eigenvalue weighted by molar-refractivity contribution is 9.10. The molecule has 0 unspecified atom stereocenters. The van der Waals surface area contributed by atoms with Gasteiger partial charge < -0.3 is 4.90 Å². The zero-order chi connectivity index (χ0) is 16.9. The summed E-state index contributed by atoms with van der Waals surface area (Å²) in [6.45, 7) is 2.16. The molecule has 0 aliphatic carbocycles. The van der Waals surface area contributed by atoms with Crippen LogP contribution in [0, 0.1) is 0 Å². The predicted octanol–water partition coefficient (Wildman–Crippen LogP) is 5.67. The topological polar surface area (TPSA) is 20.3 Å². The van der Waals surface area contributed by atoms with Crippen molar-refractivity contribution >= 4 is 27.5 Å². The van der Waals surface area contributed by atoms with Gasteiger partial charge in [0.1, 0.15) is 0 Å². The maximum Gasteiger partial charge on any atom is 0.224 e. The van der Waals surface area contributed by atoms with Crippen molar-refractivity contribution < 1.29 is 4.79 Å². The number of anilines is 1. The van der Waals surface area contributed by atoms with Crippen LogP contribution in [0.1, 0.15) is 12.5 Å². The van der Waals surface area contributed by atoms with Crippen LogP contribution in [0.3, 0.4) is 0 Å². The molecular formula is C21H18BrNO. The lowest BCUT2D eigenvalue weighted by atomic mass is 10.0. The Balaban J connectivity index is 2.06. The molecule has 0 bridgehead atoms. The van der Waals surface area contributed by atoms with Crippen molar-refractivity contribution in [3.05, 3.63) is 88.9 Å². The molecule has 0 aromatic heterocycles. The zero-order valence-corrected chi connectivity index (χ0v) is 15.0. The van der Waals surface area contributed by atoms with Crippen LogP contribution in [0.2, 0.25) is 0 Å². The van der Waals surface area contributed by atoms with Gasteiger partial charge in [0.2, 0.25) is 5.91 Å². The molecule has 2 nitrogen and oxygen atoms in total. The first-order valence-electron chi connectivity index (χ1n) is 7.83. The van der Waals surface area contributed by atoms with Crippen molar-refractivity contribution in [1.82, 2.24) is 0 Å². The maximum absolute atomic E-state index is 12.3. The van der Waals surface area contributed by atoms with E-state index in [2.05, 4.69) is 28.1 Å². The third-order valence-electron chi connectivity index (χ3n) is 3.92. The highest BCUT2D eigenvalue weighted by Gasteiger charge is 2.17. The lowest BCUT2D eigenvalue weighted by molar-refractivity contribution is -0.116. The monoisotopic (exact) mass is 379 g/mol. The van der Waals surface area contributed by atoms with E-state index in [1.54, 1.807) is 6.92 Å². The summed E-state index contributed by atoms with van der Waals surface area (Å²) in [5.41, 5.74) is 4.14. The van der Waals surface area contributed by atoms with Gasteiger partial charge in [0, 0.05) is 17.0 Å². The van der Waals surface area contributed by atoms with Gasteiger partial charge in [-0.15, -0.1) is 0 Å². The van der Waals surface area contributed by atoms with Crippen LogP contribution < -0.4 is 4.90 Å². The summed E-state index contributed by atoms with van der Waals surface area (Å²) in [4.78, 5) is 14.2. The van der Waals surface area contributed by atoms with Gasteiger partial charge in [-0.3, -0.25) is 4.79 Å². The number of para-hydroxylation sites is 1. The van der Waals surface area contributed by atoms with E-state index in [4.69, 9.17) is 0 Å². The second-order valence-electron chi connectivity index (χ2n) is 5.59. The molecule has 0 heterocycles. The smallest absolute Gasteiger partial charge is 0.224 e. The number of halogens is 1. The first kappa shape index (κ1) is 16.5. The quantitative estimate of drug-likeness (QED) is 0.571. The van der Waals surface area contributed by atoms with Gasteiger partial charge in [0.15, 0.2) is 0 Å². The molecule has 0 N–H and O–H groups in total. The molecule has 3 aromatic rings. The molecule has 3 rings (SSSR count). The van der Waals surface area contributed by atoms with Crippen molar-refractivity contribution in [3.8, 4) is 11.1 Å². The average Bonchev–Trinajstić information content (AvgIpc) is 2.61. The van der Waals surface area contributed by atoms with Crippen LogP contribution in [0.25, 0.3) is 11.1 Å². The Morgan fingerprint density at radius 2 is 1.42 bits per heavy atom. The molecule has 0 saturated heterocycles. The van der Waals surface area contributed by atoms with Gasteiger partial charge in [-0.2, -0.15) is 0 Å². The van der Waals surface area contributed by atoms with Crippen LogP contribution in [0.4, 0.5) is 5.69 Å². The molecule has 0 aliphatic heterocycles. The molecular weight excluding hydrogens is 362 g/mol. The number of carbonyl (C=O) groups is 1. The summed E-state index contributed by atoms with van der Waals surface area (Å²) in [6.07, 6.45) is 0. The summed E-state index contributed by atoms with van der Waals surface area (Å²) >= 11 is 3.62. The number of benzene rings is 3. The van der Waals surface area contributed by atoms with Crippen LogP contribution in [-0.2, 0) is 11.3 Å². The summed E-state index contributed by atoms with van der Waals surface area (Å²) < 4.78 is 1.01. The fourth-order valence-corrected chi connectivity index (χ4v) is 3.25. The number of carbonyl (C=O) groups excluding carboxylic acids is 1. The summed E-state index contributed by atoms with van der Waals surface area (Å²) in [6, 6.07) is 26.1. The molecule has 3 heteroatoms. The van der Waals surface area contributed by atoms with Crippen LogP contribution in [0.5, 0.6) is 0 Å². The number of hydrogen-bond donors (Lipinski definition) is 0. The third-order valence-corrected chi connectivity index (χ3v) is 4.61. The number of hydrogen-bond acceptors (Lipinski definition) is 1. The molecule has 0 atom stereocenters. The first-order chi connectivity index (χ1) is 11.7. The van der Waals surface area contributed by atoms with Crippen molar-refractivity contribution in [2.24, 2.45) is 0 Å². The van der Waals surface area contributed by atoms with E-state index >= 15 is 0 Å². The highest BCUT2D eigenvalue weighted by Crippen LogP contribution is 2.36. The molecule has 0 fully saturated rings. The molecule has 3 aromatic carbocycles. The van der Waals surface area contributed by atoms with Crippen LogP contribution in [-0.4, -0.2) is 5.91 Å². The van der Waals surface area contributed by atoms with E-state index in [-0.39, 0.29) is 5.91 Å². The average molecular weight is 380 g/mol. The van der Waals surface area contributed by atoms with Gasteiger partial charge in [-0.1, -0.05) is 82.7 Å². The Labute approximate surface area is 150 Å². The maximum atomic E-state index is 12.3. The molecule has 0 saturated carbocycles. The SMILES string of the molecule is CC(=O)N(Cc1ccccc1)c1ccccc1-c1ccccc1Br. The van der Waals surface area contributed by atoms with Crippen molar-refractivity contribution in [2.75, 3.05) is 4.90 Å². The molecule has 0 spiro atoms. The van der Waals surface area contributed by atoms with Gasteiger partial charge in [0.25, 0.3) is 0 Å². The minimum Gasteiger partial charge on any atom is -0.308 e. The fourth-order valence-electron chi connectivity index (χ4n) is 2.75. The van der Waals surface area contributed by atoms with E-state index < -0.39 is 0 Å². The molecule has 24 heavy (non-hydrogen) atoms. The minimum atomic E-state index is 0.0263. The third kappa shape index (κ3) is 3.57. The summed E-state index contributed by atoms with van der Waals surface area (Å²) in [5, 5.41) is 0. The number of amides is 1. The van der Waals surface area contributed by atoms with Crippen molar-refractivity contribution in [3.63, 3.8) is 0 Å². The Morgan fingerprint density at radius 3 is 2.08 bits per heavy atom. The lowest BCUT2D eigenvalue weighted by Gasteiger charge is -2.24. The largest absolute Gasteiger partial charge is 0.308 e. The number of rotatable bonds is 4. The molecule has 0 radical (unpaired) electrons. The van der Waals surface area contributed by atoms with E-state index in [9.17, 15) is 4.79 Å². The molecule has 0 aliphatic rings. The first-order valence-corrected chi connectivity index (χ1v) is 8.62. The Morgan fingerprint density at radius 1 is 0.833 bits per heavy atom. The van der Waals surface area contributed by atoms with Gasteiger partial charge in [-0.25, -0.2) is 0 Å². The van der Waals surface area contributed by atoms with E-state index in [1.807, 2.05) is 71.6 Å². The fraction of sp³-hybridized carbons (Fsp3) is 0.0952. The van der Waals surface area contributed by atoms with Gasteiger partial charge in [-0.05, 0) is 23.3 Å². The highest BCUT2D eigenvalue weighted by atomic mass is 79.9. The number of nitrogens with zero attached hydrogens (tertiary/aromatic N) is 1. The van der Waals surface area contributed by atoms with Crippen LogP contribution in [0.15, 0.2) is 83.3 Å².